The molecule has 1 amide bonds. The van der Waals surface area contributed by atoms with Crippen LogP contribution in [-0.2, 0) is 14.8 Å². The summed E-state index contributed by atoms with van der Waals surface area (Å²) in [5.41, 5.74) is 1.32. The molecule has 0 radical (unpaired) electrons. The highest BCUT2D eigenvalue weighted by atomic mass is 32.2. The number of nitrogens with zero attached hydrogens (tertiary/aromatic N) is 3. The van der Waals surface area contributed by atoms with Crippen LogP contribution in [0.25, 0.3) is 27.7 Å². The number of rotatable bonds is 6. The molecule has 3 heterocycles. The van der Waals surface area contributed by atoms with Gasteiger partial charge >= 0.3 is 6.09 Å². The van der Waals surface area contributed by atoms with E-state index in [1.54, 1.807) is 57.2 Å². The molecule has 0 saturated carbocycles. The minimum atomic E-state index is -4.16. The number of benzene rings is 2. The Hall–Kier alpha value is -4.22. The lowest BCUT2D eigenvalue weighted by Gasteiger charge is -2.35. The molecule has 0 aliphatic carbocycles. The summed E-state index contributed by atoms with van der Waals surface area (Å²) in [6.45, 7) is 5.02. The van der Waals surface area contributed by atoms with Crippen molar-refractivity contribution in [2.75, 3.05) is 20.3 Å². The summed E-state index contributed by atoms with van der Waals surface area (Å²) < 4.78 is 54.9. The molecule has 4 aromatic rings. The zero-order valence-electron chi connectivity index (χ0n) is 23.7. The first-order valence-corrected chi connectivity index (χ1v) is 14.8. The molecule has 1 atom stereocenters. The summed E-state index contributed by atoms with van der Waals surface area (Å²) in [6.07, 6.45) is 2.81. The first-order valence-electron chi connectivity index (χ1n) is 13.4. The first-order chi connectivity index (χ1) is 19.9. The number of hydrogen-bond donors (Lipinski definition) is 1. The standard InChI is InChI=1S/C31H32FN3O6S/c1-31(2,3)41-30(37)34-15-13-20(16-22(34)19-36)27-18-26-24(25-17-21(32)10-11-28(25)40-4)12-14-33-29(26)35(27)42(38,39)23-8-6-5-7-9-23/h5-14,17-18,22,36H,15-16,19H2,1-4H3. The average Bonchev–Trinajstić information content (AvgIpc) is 3.37. The van der Waals surface area contributed by atoms with Crippen molar-refractivity contribution in [3.63, 3.8) is 0 Å². The Kier molecular flexibility index (Phi) is 7.82. The van der Waals surface area contributed by atoms with Crippen molar-refractivity contribution in [1.82, 2.24) is 13.9 Å². The maximum Gasteiger partial charge on any atom is 0.410 e. The minimum Gasteiger partial charge on any atom is -0.496 e. The van der Waals surface area contributed by atoms with Crippen molar-refractivity contribution in [3.8, 4) is 16.9 Å². The van der Waals surface area contributed by atoms with Gasteiger partial charge in [-0.3, -0.25) is 4.90 Å². The molecule has 1 aliphatic heterocycles. The van der Waals surface area contributed by atoms with Gasteiger partial charge in [-0.25, -0.2) is 26.6 Å². The lowest BCUT2D eigenvalue weighted by atomic mass is 9.97. The molecule has 9 nitrogen and oxygen atoms in total. The van der Waals surface area contributed by atoms with Crippen LogP contribution in [0.2, 0.25) is 0 Å². The molecule has 5 rings (SSSR count). The summed E-state index contributed by atoms with van der Waals surface area (Å²) in [4.78, 5) is 18.8. The van der Waals surface area contributed by atoms with Gasteiger partial charge in [0.15, 0.2) is 5.65 Å². The Balaban J connectivity index is 1.73. The lowest BCUT2D eigenvalue weighted by Crippen LogP contribution is -2.47. The van der Waals surface area contributed by atoms with Gasteiger partial charge in [0.05, 0.1) is 30.3 Å². The van der Waals surface area contributed by atoms with Crippen molar-refractivity contribution < 1.29 is 32.2 Å². The van der Waals surface area contributed by atoms with Crippen molar-refractivity contribution in [2.24, 2.45) is 0 Å². The fourth-order valence-electron chi connectivity index (χ4n) is 5.09. The van der Waals surface area contributed by atoms with Crippen LogP contribution < -0.4 is 4.74 Å². The number of halogens is 1. The highest BCUT2D eigenvalue weighted by Gasteiger charge is 2.34. The summed E-state index contributed by atoms with van der Waals surface area (Å²) >= 11 is 0. The topological polar surface area (TPSA) is 111 Å². The van der Waals surface area contributed by atoms with Crippen molar-refractivity contribution in [1.29, 1.82) is 0 Å². The Labute approximate surface area is 243 Å². The molecule has 0 spiro atoms. The molecule has 1 unspecified atom stereocenters. The molecule has 11 heteroatoms. The van der Waals surface area contributed by atoms with Crippen LogP contribution in [0, 0.1) is 5.82 Å². The van der Waals surface area contributed by atoms with E-state index in [1.807, 2.05) is 0 Å². The van der Waals surface area contributed by atoms with Crippen molar-refractivity contribution in [2.45, 2.75) is 43.7 Å². The molecule has 0 fully saturated rings. The van der Waals surface area contributed by atoms with Gasteiger partial charge < -0.3 is 14.6 Å². The number of carbonyl (C=O) groups excluding carboxylic acids is 1. The number of fused-ring (bicyclic) bond motifs is 1. The molecule has 2 aromatic heterocycles. The first kappa shape index (κ1) is 29.3. The Morgan fingerprint density at radius 2 is 1.83 bits per heavy atom. The van der Waals surface area contributed by atoms with Crippen molar-refractivity contribution in [3.05, 3.63) is 84.4 Å². The van der Waals surface area contributed by atoms with Gasteiger partial charge in [0, 0.05) is 23.7 Å². The normalized spacial score (nSPS) is 15.9. The number of methoxy groups -OCH3 is 1. The SMILES string of the molecule is COc1ccc(F)cc1-c1ccnc2c1cc(C1=CCN(C(=O)OC(C)(C)C)C(CO)C1)n2S(=O)(=O)c1ccccc1. The number of pyridine rings is 1. The van der Waals surface area contributed by atoms with E-state index in [1.165, 1.54) is 52.5 Å². The van der Waals surface area contributed by atoms with Gasteiger partial charge in [-0.15, -0.1) is 0 Å². The second-order valence-corrected chi connectivity index (χ2v) is 12.7. The maximum atomic E-state index is 14.4. The Bertz CT molecular complexity index is 1780. The van der Waals surface area contributed by atoms with Gasteiger partial charge in [0.25, 0.3) is 10.0 Å². The zero-order chi connectivity index (χ0) is 30.2. The Morgan fingerprint density at radius 1 is 1.10 bits per heavy atom. The molecule has 1 N–H and O–H groups in total. The average molecular weight is 594 g/mol. The highest BCUT2D eigenvalue weighted by molar-refractivity contribution is 7.90. The van der Waals surface area contributed by atoms with E-state index in [4.69, 9.17) is 9.47 Å². The third-order valence-corrected chi connectivity index (χ3v) is 8.71. The summed E-state index contributed by atoms with van der Waals surface area (Å²) in [5.74, 6) is -0.0651. The van der Waals surface area contributed by atoms with Gasteiger partial charge in [0.2, 0.25) is 0 Å². The molecule has 1 aliphatic rings. The third-order valence-electron chi connectivity index (χ3n) is 6.99. The van der Waals surface area contributed by atoms with E-state index in [0.717, 1.165) is 0 Å². The number of aliphatic hydroxyl groups excluding tert-OH is 1. The molecule has 42 heavy (non-hydrogen) atoms. The van der Waals surface area contributed by atoms with E-state index in [-0.39, 0.29) is 30.1 Å². The predicted molar refractivity (Wildman–Crippen MR) is 157 cm³/mol. The summed E-state index contributed by atoms with van der Waals surface area (Å²) in [5, 5.41) is 10.7. The monoisotopic (exact) mass is 593 g/mol. The minimum absolute atomic E-state index is 0.0600. The Morgan fingerprint density at radius 3 is 2.50 bits per heavy atom. The molecular formula is C31H32FN3O6S. The second kappa shape index (κ2) is 11.2. The number of aromatic nitrogens is 2. The van der Waals surface area contributed by atoms with Crippen LogP contribution in [0.1, 0.15) is 32.9 Å². The number of ether oxygens (including phenoxy) is 2. The molecule has 2 aromatic carbocycles. The maximum absolute atomic E-state index is 14.4. The predicted octanol–water partition coefficient (Wildman–Crippen LogP) is 5.47. The van der Waals surface area contributed by atoms with E-state index in [2.05, 4.69) is 4.98 Å². The van der Waals surface area contributed by atoms with E-state index < -0.39 is 33.6 Å². The molecule has 0 saturated heterocycles. The smallest absolute Gasteiger partial charge is 0.410 e. The van der Waals surface area contributed by atoms with Crippen LogP contribution in [0.5, 0.6) is 5.75 Å². The van der Waals surface area contributed by atoms with Crippen LogP contribution in [0.3, 0.4) is 0 Å². The van der Waals surface area contributed by atoms with E-state index >= 15 is 0 Å². The lowest BCUT2D eigenvalue weighted by molar-refractivity contribution is 0.0119. The molecule has 0 bridgehead atoms. The summed E-state index contributed by atoms with van der Waals surface area (Å²) in [6, 6.07) is 14.8. The highest BCUT2D eigenvalue weighted by Crippen LogP contribution is 2.40. The quantitative estimate of drug-likeness (QED) is 0.316. The summed E-state index contributed by atoms with van der Waals surface area (Å²) in [7, 11) is -2.69. The molecule has 220 valence electrons. The van der Waals surface area contributed by atoms with Crippen LogP contribution in [0.15, 0.2) is 77.8 Å². The number of aliphatic hydroxyl groups is 1. The second-order valence-electron chi connectivity index (χ2n) is 11.0. The van der Waals surface area contributed by atoms with E-state index in [0.29, 0.717) is 33.5 Å². The van der Waals surface area contributed by atoms with Gasteiger partial charge in [0.1, 0.15) is 17.2 Å². The molecular weight excluding hydrogens is 561 g/mol. The largest absolute Gasteiger partial charge is 0.496 e. The third kappa shape index (κ3) is 5.49. The van der Waals surface area contributed by atoms with E-state index in [9.17, 15) is 22.7 Å². The van der Waals surface area contributed by atoms with Gasteiger partial charge in [-0.1, -0.05) is 24.3 Å². The number of amides is 1. The number of carbonyl (C=O) groups is 1. The number of hydrogen-bond acceptors (Lipinski definition) is 7. The fourth-order valence-corrected chi connectivity index (χ4v) is 6.60. The van der Waals surface area contributed by atoms with Crippen LogP contribution in [0.4, 0.5) is 9.18 Å². The van der Waals surface area contributed by atoms with Crippen molar-refractivity contribution >= 4 is 32.7 Å². The fraction of sp³-hybridized carbons (Fsp3) is 0.290. The van der Waals surface area contributed by atoms with Crippen LogP contribution >= 0.6 is 0 Å². The van der Waals surface area contributed by atoms with Crippen LogP contribution in [-0.4, -0.2) is 65.4 Å². The zero-order valence-corrected chi connectivity index (χ0v) is 24.6. The van der Waals surface area contributed by atoms with Gasteiger partial charge in [-0.05, 0) is 80.8 Å². The van der Waals surface area contributed by atoms with Gasteiger partial charge in [-0.2, -0.15) is 0 Å².